The number of carbonyl (C=O) groups is 2. The molecule has 1 atom stereocenters. The summed E-state index contributed by atoms with van der Waals surface area (Å²) in [6, 6.07) is 18.9. The van der Waals surface area contributed by atoms with Crippen molar-refractivity contribution in [3.05, 3.63) is 60.7 Å². The second kappa shape index (κ2) is 13.7. The largest absolute Gasteiger partial charge is 0.350 e. The summed E-state index contributed by atoms with van der Waals surface area (Å²) in [7, 11) is 0. The topological polar surface area (TPSA) is 73.8 Å². The molecule has 2 N–H and O–H groups in total. The molecule has 2 aromatic carbocycles. The van der Waals surface area contributed by atoms with Gasteiger partial charge < -0.3 is 10.6 Å². The molecule has 0 aromatic heterocycles. The highest BCUT2D eigenvalue weighted by molar-refractivity contribution is 6.25. The quantitative estimate of drug-likeness (QED) is 0.223. The van der Waals surface area contributed by atoms with Crippen molar-refractivity contribution in [1.29, 1.82) is 0 Å². The van der Waals surface area contributed by atoms with Gasteiger partial charge >= 0.3 is 0 Å². The Labute approximate surface area is 210 Å². The third kappa shape index (κ3) is 7.41. The van der Waals surface area contributed by atoms with E-state index >= 15 is 0 Å². The molecule has 1 unspecified atom stereocenters. The smallest absolute Gasteiger partial charge is 0.300 e. The molecule has 0 spiro atoms. The molecule has 6 nitrogen and oxygen atoms in total. The lowest BCUT2D eigenvalue weighted by molar-refractivity contribution is -0.127. The van der Waals surface area contributed by atoms with E-state index in [4.69, 9.17) is 5.10 Å². The standard InChI is InChI=1S/C29H40N4O2/c1-3-4-5-6-7-8-9-10-11-18-23-27-29(30-24(2)34,31-25-19-14-12-15-20-25)28(35)33(32-27)26-21-16-13-17-22-26/h12-17,19-22,31H,3-11,18,23H2,1-2H3,(H,30,34). The van der Waals surface area contributed by atoms with E-state index in [1.54, 1.807) is 0 Å². The minimum Gasteiger partial charge on any atom is -0.350 e. The molecule has 0 aliphatic carbocycles. The summed E-state index contributed by atoms with van der Waals surface area (Å²) in [4.78, 5) is 26.1. The number of anilines is 2. The number of hydrazone groups is 1. The summed E-state index contributed by atoms with van der Waals surface area (Å²) in [5.74, 6) is -0.586. The van der Waals surface area contributed by atoms with Crippen LogP contribution in [0.4, 0.5) is 11.4 Å². The number of para-hydroxylation sites is 2. The van der Waals surface area contributed by atoms with Crippen LogP contribution < -0.4 is 15.6 Å². The Morgan fingerprint density at radius 1 is 0.829 bits per heavy atom. The van der Waals surface area contributed by atoms with E-state index in [1.807, 2.05) is 60.7 Å². The zero-order valence-corrected chi connectivity index (χ0v) is 21.3. The molecule has 1 aliphatic heterocycles. The van der Waals surface area contributed by atoms with Crippen molar-refractivity contribution in [2.75, 3.05) is 10.3 Å². The third-order valence-electron chi connectivity index (χ3n) is 6.40. The molecule has 6 heteroatoms. The first-order valence-electron chi connectivity index (χ1n) is 13.2. The maximum absolute atomic E-state index is 13.8. The van der Waals surface area contributed by atoms with Crippen molar-refractivity contribution in [1.82, 2.24) is 5.32 Å². The van der Waals surface area contributed by atoms with Crippen LogP contribution in [0.25, 0.3) is 0 Å². The third-order valence-corrected chi connectivity index (χ3v) is 6.40. The van der Waals surface area contributed by atoms with Gasteiger partial charge in [0.05, 0.1) is 11.4 Å². The Morgan fingerprint density at radius 3 is 1.94 bits per heavy atom. The second-order valence-electron chi connectivity index (χ2n) is 9.35. The van der Waals surface area contributed by atoms with Crippen molar-refractivity contribution in [2.45, 2.75) is 90.1 Å². The fourth-order valence-corrected chi connectivity index (χ4v) is 4.57. The van der Waals surface area contributed by atoms with Gasteiger partial charge in [-0.25, -0.2) is 0 Å². The van der Waals surface area contributed by atoms with Gasteiger partial charge in [0.15, 0.2) is 0 Å². The van der Waals surface area contributed by atoms with Crippen LogP contribution in [0.1, 0.15) is 84.5 Å². The van der Waals surface area contributed by atoms with Gasteiger partial charge in [-0.3, -0.25) is 9.59 Å². The molecule has 0 saturated heterocycles. The highest BCUT2D eigenvalue weighted by atomic mass is 16.2. The van der Waals surface area contributed by atoms with Gasteiger partial charge in [-0.1, -0.05) is 101 Å². The van der Waals surface area contributed by atoms with E-state index in [-0.39, 0.29) is 11.8 Å². The number of benzene rings is 2. The van der Waals surface area contributed by atoms with Crippen LogP contribution in [0.2, 0.25) is 0 Å². The SMILES string of the molecule is CCCCCCCCCCCCC1=NN(c2ccccc2)C(=O)C1(NC(C)=O)Nc1ccccc1. The van der Waals surface area contributed by atoms with Crippen molar-refractivity contribution in [2.24, 2.45) is 5.10 Å². The molecular weight excluding hydrogens is 436 g/mol. The average Bonchev–Trinajstić information content (AvgIpc) is 3.12. The van der Waals surface area contributed by atoms with Gasteiger partial charge in [-0.05, 0) is 37.1 Å². The van der Waals surface area contributed by atoms with Crippen LogP contribution in [0, 0.1) is 0 Å². The summed E-state index contributed by atoms with van der Waals surface area (Å²) >= 11 is 0. The number of nitrogens with one attached hydrogen (secondary N) is 2. The number of rotatable bonds is 15. The molecule has 0 radical (unpaired) electrons. The molecule has 2 aromatic rings. The number of unbranched alkanes of at least 4 members (excludes halogenated alkanes) is 9. The predicted molar refractivity (Wildman–Crippen MR) is 144 cm³/mol. The van der Waals surface area contributed by atoms with E-state index in [9.17, 15) is 9.59 Å². The number of carbonyl (C=O) groups excluding carboxylic acids is 2. The van der Waals surface area contributed by atoms with Gasteiger partial charge in [0.1, 0.15) is 0 Å². The fourth-order valence-electron chi connectivity index (χ4n) is 4.57. The lowest BCUT2D eigenvalue weighted by atomic mass is 9.96. The summed E-state index contributed by atoms with van der Waals surface area (Å²) in [6.07, 6.45) is 13.0. The van der Waals surface area contributed by atoms with Crippen LogP contribution in [0.5, 0.6) is 0 Å². The van der Waals surface area contributed by atoms with E-state index in [1.165, 1.54) is 63.3 Å². The Bertz CT molecular complexity index is 961. The molecule has 2 amide bonds. The lowest BCUT2D eigenvalue weighted by Gasteiger charge is -2.32. The lowest BCUT2D eigenvalue weighted by Crippen LogP contribution is -2.64. The Balaban J connectivity index is 1.70. The molecule has 188 valence electrons. The number of hydrogen-bond acceptors (Lipinski definition) is 4. The fraction of sp³-hybridized carbons (Fsp3) is 0.483. The molecule has 0 saturated carbocycles. The van der Waals surface area contributed by atoms with Crippen LogP contribution in [-0.2, 0) is 9.59 Å². The normalized spacial score (nSPS) is 17.4. The molecule has 1 heterocycles. The van der Waals surface area contributed by atoms with Crippen LogP contribution in [0.15, 0.2) is 65.8 Å². The van der Waals surface area contributed by atoms with Crippen LogP contribution >= 0.6 is 0 Å². The first-order valence-corrected chi connectivity index (χ1v) is 13.2. The first kappa shape index (κ1) is 26.5. The van der Waals surface area contributed by atoms with E-state index < -0.39 is 5.66 Å². The molecule has 35 heavy (non-hydrogen) atoms. The predicted octanol–water partition coefficient (Wildman–Crippen LogP) is 6.64. The molecule has 0 fully saturated rings. The Kier molecular flexibility index (Phi) is 10.3. The highest BCUT2D eigenvalue weighted by Gasteiger charge is 2.52. The minimum atomic E-state index is -1.40. The average molecular weight is 477 g/mol. The van der Waals surface area contributed by atoms with Gasteiger partial charge in [0.2, 0.25) is 11.6 Å². The maximum atomic E-state index is 13.8. The second-order valence-corrected chi connectivity index (χ2v) is 9.35. The number of hydrogen-bond donors (Lipinski definition) is 2. The highest BCUT2D eigenvalue weighted by Crippen LogP contribution is 2.30. The number of nitrogens with zero attached hydrogens (tertiary/aromatic N) is 2. The van der Waals surface area contributed by atoms with E-state index in [0.717, 1.165) is 18.5 Å². The summed E-state index contributed by atoms with van der Waals surface area (Å²) in [5.41, 5.74) is 0.674. The zero-order chi connectivity index (χ0) is 24.9. The number of amides is 2. The molecule has 3 rings (SSSR count). The molecule has 0 bridgehead atoms. The van der Waals surface area contributed by atoms with Crippen LogP contribution in [0.3, 0.4) is 0 Å². The first-order chi connectivity index (χ1) is 17.1. The Morgan fingerprint density at radius 2 is 1.37 bits per heavy atom. The monoisotopic (exact) mass is 476 g/mol. The Hall–Kier alpha value is -3.15. The maximum Gasteiger partial charge on any atom is 0.300 e. The summed E-state index contributed by atoms with van der Waals surface area (Å²) in [5, 5.41) is 12.4. The van der Waals surface area contributed by atoms with Crippen molar-refractivity contribution in [3.63, 3.8) is 0 Å². The summed E-state index contributed by atoms with van der Waals surface area (Å²) in [6.45, 7) is 3.68. The molecule has 1 aliphatic rings. The van der Waals surface area contributed by atoms with Crippen molar-refractivity contribution in [3.8, 4) is 0 Å². The minimum absolute atomic E-state index is 0.285. The van der Waals surface area contributed by atoms with E-state index in [2.05, 4.69) is 17.6 Å². The van der Waals surface area contributed by atoms with Crippen molar-refractivity contribution >= 4 is 28.9 Å². The molecular formula is C29H40N4O2. The van der Waals surface area contributed by atoms with Gasteiger partial charge in [-0.2, -0.15) is 10.1 Å². The summed E-state index contributed by atoms with van der Waals surface area (Å²) < 4.78 is 0. The van der Waals surface area contributed by atoms with Gasteiger partial charge in [-0.15, -0.1) is 0 Å². The van der Waals surface area contributed by atoms with E-state index in [0.29, 0.717) is 17.8 Å². The van der Waals surface area contributed by atoms with Crippen molar-refractivity contribution < 1.29 is 9.59 Å². The van der Waals surface area contributed by atoms with Crippen LogP contribution in [-0.4, -0.2) is 23.2 Å². The van der Waals surface area contributed by atoms with Gasteiger partial charge in [0.25, 0.3) is 5.91 Å². The van der Waals surface area contributed by atoms with Gasteiger partial charge in [0, 0.05) is 12.6 Å². The zero-order valence-electron chi connectivity index (χ0n) is 21.3.